The molecule has 0 spiro atoms. The maximum Gasteiger partial charge on any atom is 0.0801 e. The van der Waals surface area contributed by atoms with Crippen LogP contribution in [-0.4, -0.2) is 13.2 Å². The second-order valence-electron chi connectivity index (χ2n) is 0.659. The van der Waals surface area contributed by atoms with E-state index in [0.717, 1.165) is 0 Å². The minimum atomic E-state index is 0. The molecule has 0 bridgehead atoms. The molecule has 0 saturated heterocycles. The molecule has 0 aromatic carbocycles. The molecule has 0 amide bonds. The summed E-state index contributed by atoms with van der Waals surface area (Å²) in [7, 11) is 0. The Balaban J connectivity index is 0. The van der Waals surface area contributed by atoms with Gasteiger partial charge in [0.25, 0.3) is 0 Å². The van der Waals surface area contributed by atoms with Crippen molar-refractivity contribution in [3.8, 4) is 0 Å². The number of nitrogens with two attached hydrogens (primary N) is 2. The molecule has 0 saturated carbocycles. The molecule has 0 radical (unpaired) electrons. The molecular weight excluding hydrogens is 103 g/mol. The van der Waals surface area contributed by atoms with Gasteiger partial charge in [-0.1, -0.05) is 0 Å². The smallest absolute Gasteiger partial charge is 0.0801 e. The van der Waals surface area contributed by atoms with Crippen LogP contribution in [0.2, 0.25) is 0 Å². The summed E-state index contributed by atoms with van der Waals surface area (Å²) in [5.41, 5.74) is 4.93. The molecular formula is C2H9ClN2O. The second kappa shape index (κ2) is 8.95. The maximum absolute atomic E-state index is 4.93. The summed E-state index contributed by atoms with van der Waals surface area (Å²) in [6, 6.07) is 0. The van der Waals surface area contributed by atoms with Gasteiger partial charge in [-0.15, -0.1) is 12.4 Å². The van der Waals surface area contributed by atoms with E-state index in [9.17, 15) is 0 Å². The Kier molecular flexibility index (Phi) is 14.1. The molecule has 40 valence electrons. The topological polar surface area (TPSA) is 61.3 Å². The van der Waals surface area contributed by atoms with Gasteiger partial charge in [0.05, 0.1) is 6.61 Å². The summed E-state index contributed by atoms with van der Waals surface area (Å²) < 4.78 is 0. The Labute approximate surface area is 43.0 Å². The Hall–Kier alpha value is 0.170. The van der Waals surface area contributed by atoms with E-state index in [1.165, 1.54) is 0 Å². The van der Waals surface area contributed by atoms with Crippen LogP contribution in [0.5, 0.6) is 0 Å². The van der Waals surface area contributed by atoms with Crippen molar-refractivity contribution in [2.75, 3.05) is 13.2 Å². The molecule has 4 heteroatoms. The van der Waals surface area contributed by atoms with Crippen LogP contribution in [0, 0.1) is 0 Å². The standard InChI is InChI=1S/C2H8N2O.ClH/c3-1-2-5-4;/h1-4H2;1H. The molecule has 0 aliphatic rings. The fraction of sp³-hybridized carbons (Fsp3) is 1.00. The summed E-state index contributed by atoms with van der Waals surface area (Å²) in [5, 5.41) is 0. The van der Waals surface area contributed by atoms with Crippen molar-refractivity contribution in [3.05, 3.63) is 0 Å². The molecule has 0 aromatic rings. The van der Waals surface area contributed by atoms with Gasteiger partial charge in [-0.05, 0) is 0 Å². The van der Waals surface area contributed by atoms with Crippen LogP contribution in [-0.2, 0) is 4.84 Å². The van der Waals surface area contributed by atoms with Gasteiger partial charge >= 0.3 is 0 Å². The van der Waals surface area contributed by atoms with Crippen molar-refractivity contribution in [3.63, 3.8) is 0 Å². The van der Waals surface area contributed by atoms with Crippen molar-refractivity contribution >= 4 is 12.4 Å². The quantitative estimate of drug-likeness (QED) is 0.463. The van der Waals surface area contributed by atoms with Crippen LogP contribution in [0.15, 0.2) is 0 Å². The van der Waals surface area contributed by atoms with Gasteiger partial charge in [-0.3, -0.25) is 0 Å². The van der Waals surface area contributed by atoms with Crippen molar-refractivity contribution < 1.29 is 4.84 Å². The molecule has 0 unspecified atom stereocenters. The number of halogens is 1. The lowest BCUT2D eigenvalue weighted by Gasteiger charge is -1.84. The molecule has 0 aromatic heterocycles. The van der Waals surface area contributed by atoms with E-state index in [1.807, 2.05) is 0 Å². The van der Waals surface area contributed by atoms with E-state index in [0.29, 0.717) is 13.2 Å². The molecule has 6 heavy (non-hydrogen) atoms. The van der Waals surface area contributed by atoms with Crippen LogP contribution in [0.1, 0.15) is 0 Å². The lowest BCUT2D eigenvalue weighted by molar-refractivity contribution is 0.146. The average Bonchev–Trinajstić information content (AvgIpc) is 1.41. The Bertz CT molecular complexity index is 19.0. The summed E-state index contributed by atoms with van der Waals surface area (Å²) in [4.78, 5) is 4.07. The van der Waals surface area contributed by atoms with Crippen LogP contribution >= 0.6 is 12.4 Å². The van der Waals surface area contributed by atoms with Gasteiger partial charge in [0, 0.05) is 6.54 Å². The molecule has 0 atom stereocenters. The normalized spacial score (nSPS) is 7.00. The fourth-order valence-corrected chi connectivity index (χ4v) is 0.0680. The first-order valence-corrected chi connectivity index (χ1v) is 1.43. The highest BCUT2D eigenvalue weighted by molar-refractivity contribution is 5.85. The van der Waals surface area contributed by atoms with Crippen molar-refractivity contribution in [1.82, 2.24) is 0 Å². The number of hydrogen-bond acceptors (Lipinski definition) is 3. The third kappa shape index (κ3) is 8.90. The van der Waals surface area contributed by atoms with Gasteiger partial charge in [-0.25, -0.2) is 5.90 Å². The van der Waals surface area contributed by atoms with Crippen molar-refractivity contribution in [1.29, 1.82) is 0 Å². The Morgan fingerprint density at radius 1 is 1.50 bits per heavy atom. The van der Waals surface area contributed by atoms with Gasteiger partial charge in [0.2, 0.25) is 0 Å². The third-order valence-electron chi connectivity index (χ3n) is 0.236. The van der Waals surface area contributed by atoms with Gasteiger partial charge in [0.15, 0.2) is 0 Å². The predicted molar refractivity (Wildman–Crippen MR) is 26.4 cm³/mol. The molecule has 4 N–H and O–H groups in total. The Morgan fingerprint density at radius 2 is 2.00 bits per heavy atom. The lowest BCUT2D eigenvalue weighted by Crippen LogP contribution is -2.11. The van der Waals surface area contributed by atoms with Crippen LogP contribution in [0.4, 0.5) is 0 Å². The SMILES string of the molecule is Cl.NCCON. The van der Waals surface area contributed by atoms with Gasteiger partial charge in [-0.2, -0.15) is 0 Å². The van der Waals surface area contributed by atoms with Crippen LogP contribution in [0.3, 0.4) is 0 Å². The minimum absolute atomic E-state index is 0. The highest BCUT2D eigenvalue weighted by atomic mass is 35.5. The summed E-state index contributed by atoms with van der Waals surface area (Å²) in [6.45, 7) is 0.941. The number of hydrogen-bond donors (Lipinski definition) is 2. The molecule has 0 aliphatic carbocycles. The molecule has 3 nitrogen and oxygen atoms in total. The lowest BCUT2D eigenvalue weighted by atomic mass is 10.8. The Morgan fingerprint density at radius 3 is 2.00 bits per heavy atom. The highest BCUT2D eigenvalue weighted by Gasteiger charge is 1.66. The van der Waals surface area contributed by atoms with Gasteiger partial charge < -0.3 is 10.6 Å². The van der Waals surface area contributed by atoms with Gasteiger partial charge in [0.1, 0.15) is 0 Å². The first-order valence-electron chi connectivity index (χ1n) is 1.43. The molecule has 0 heterocycles. The average molecular weight is 113 g/mol. The third-order valence-corrected chi connectivity index (χ3v) is 0.236. The van der Waals surface area contributed by atoms with Crippen LogP contribution in [0.25, 0.3) is 0 Å². The van der Waals surface area contributed by atoms with E-state index in [4.69, 9.17) is 5.73 Å². The van der Waals surface area contributed by atoms with E-state index in [1.54, 1.807) is 0 Å². The zero-order valence-electron chi connectivity index (χ0n) is 3.39. The van der Waals surface area contributed by atoms with E-state index < -0.39 is 0 Å². The zero-order valence-corrected chi connectivity index (χ0v) is 4.20. The minimum Gasteiger partial charge on any atom is -0.328 e. The first-order chi connectivity index (χ1) is 2.41. The van der Waals surface area contributed by atoms with Crippen molar-refractivity contribution in [2.24, 2.45) is 11.6 Å². The largest absolute Gasteiger partial charge is 0.328 e. The molecule has 0 rings (SSSR count). The maximum atomic E-state index is 4.93. The summed E-state index contributed by atoms with van der Waals surface area (Å²) in [6.07, 6.45) is 0. The number of rotatable bonds is 2. The summed E-state index contributed by atoms with van der Waals surface area (Å²) >= 11 is 0. The molecule has 0 aliphatic heterocycles. The summed E-state index contributed by atoms with van der Waals surface area (Å²) in [5.74, 6) is 4.56. The van der Waals surface area contributed by atoms with Crippen molar-refractivity contribution in [2.45, 2.75) is 0 Å². The highest BCUT2D eigenvalue weighted by Crippen LogP contribution is 1.47. The monoisotopic (exact) mass is 112 g/mol. The molecule has 0 fully saturated rings. The van der Waals surface area contributed by atoms with E-state index >= 15 is 0 Å². The first kappa shape index (κ1) is 9.48. The predicted octanol–water partition coefficient (Wildman–Crippen LogP) is -0.743. The van der Waals surface area contributed by atoms with Crippen LogP contribution < -0.4 is 11.6 Å². The zero-order chi connectivity index (χ0) is 4.12. The fourth-order valence-electron chi connectivity index (χ4n) is 0.0680. The second-order valence-corrected chi connectivity index (χ2v) is 0.659. The van der Waals surface area contributed by atoms with E-state index in [-0.39, 0.29) is 12.4 Å². The van der Waals surface area contributed by atoms with E-state index in [2.05, 4.69) is 10.7 Å².